The summed E-state index contributed by atoms with van der Waals surface area (Å²) in [7, 11) is 0. The Bertz CT molecular complexity index is 973. The van der Waals surface area contributed by atoms with Crippen molar-refractivity contribution >= 4 is 16.8 Å². The molecule has 3 heterocycles. The maximum Gasteiger partial charge on any atom is 0.240 e. The fourth-order valence-corrected chi connectivity index (χ4v) is 4.45. The highest BCUT2D eigenvalue weighted by Crippen LogP contribution is 2.27. The van der Waals surface area contributed by atoms with Crippen LogP contribution in [0.1, 0.15) is 29.5 Å². The second-order valence-electron chi connectivity index (χ2n) is 7.72. The number of aromatic amines is 1. The number of benzene rings is 2. The predicted molar refractivity (Wildman–Crippen MR) is 105 cm³/mol. The summed E-state index contributed by atoms with van der Waals surface area (Å²) in [5, 5.41) is 8.28. The van der Waals surface area contributed by atoms with Crippen molar-refractivity contribution in [1.82, 2.24) is 20.0 Å². The van der Waals surface area contributed by atoms with E-state index in [0.717, 1.165) is 56.3 Å². The number of hydrogen-bond donors (Lipinski definition) is 1. The smallest absolute Gasteiger partial charge is 0.240 e. The fraction of sp³-hybridized carbons (Fsp3) is 0.364. The minimum Gasteiger partial charge on any atom is -0.341 e. The van der Waals surface area contributed by atoms with Crippen molar-refractivity contribution in [3.05, 3.63) is 65.4 Å². The van der Waals surface area contributed by atoms with Crippen LogP contribution in [0.25, 0.3) is 10.9 Å². The molecular formula is C22H24N4O. The predicted octanol–water partition coefficient (Wildman–Crippen LogP) is 3.11. The summed E-state index contributed by atoms with van der Waals surface area (Å²) < 4.78 is 0. The Morgan fingerprint density at radius 2 is 1.93 bits per heavy atom. The van der Waals surface area contributed by atoms with Crippen LogP contribution in [0.2, 0.25) is 0 Å². The molecule has 1 atom stereocenters. The van der Waals surface area contributed by atoms with Crippen LogP contribution in [-0.4, -0.2) is 45.0 Å². The van der Waals surface area contributed by atoms with Gasteiger partial charge in [-0.2, -0.15) is 5.10 Å². The van der Waals surface area contributed by atoms with E-state index in [4.69, 9.17) is 0 Å². The first kappa shape index (κ1) is 16.5. The lowest BCUT2D eigenvalue weighted by Gasteiger charge is -2.38. The van der Waals surface area contributed by atoms with Gasteiger partial charge in [-0.25, -0.2) is 0 Å². The van der Waals surface area contributed by atoms with Crippen molar-refractivity contribution < 1.29 is 4.79 Å². The maximum atomic E-state index is 13.2. The molecule has 0 bridgehead atoms. The SMILES string of the molecule is O=C(C1Cc2ccccc2CN1Cc1ccc2cn[nH]c2c1)N1CCCC1. The normalized spacial score (nSPS) is 20.1. The highest BCUT2D eigenvalue weighted by atomic mass is 16.2. The van der Waals surface area contributed by atoms with Crippen LogP contribution in [0, 0.1) is 0 Å². The summed E-state index contributed by atoms with van der Waals surface area (Å²) in [5.74, 6) is 0.296. The zero-order valence-corrected chi connectivity index (χ0v) is 15.4. The third-order valence-corrected chi connectivity index (χ3v) is 5.94. The van der Waals surface area contributed by atoms with E-state index >= 15 is 0 Å². The Morgan fingerprint density at radius 1 is 1.11 bits per heavy atom. The van der Waals surface area contributed by atoms with Crippen LogP contribution in [0.15, 0.2) is 48.7 Å². The van der Waals surface area contributed by atoms with Gasteiger partial charge in [0.15, 0.2) is 0 Å². The molecule has 138 valence electrons. The molecule has 2 aliphatic heterocycles. The van der Waals surface area contributed by atoms with E-state index in [1.54, 1.807) is 0 Å². The Hall–Kier alpha value is -2.66. The molecule has 0 aliphatic carbocycles. The standard InChI is InChI=1S/C22H24N4O/c27-22(25-9-3-4-10-25)21-12-17-5-1-2-6-19(17)15-26(21)14-16-7-8-18-13-23-24-20(18)11-16/h1-2,5-8,11,13,21H,3-4,9-10,12,14-15H2,(H,23,24). The first-order valence-corrected chi connectivity index (χ1v) is 9.79. The van der Waals surface area contributed by atoms with Crippen molar-refractivity contribution in [3.63, 3.8) is 0 Å². The van der Waals surface area contributed by atoms with Gasteiger partial charge >= 0.3 is 0 Å². The molecule has 0 radical (unpaired) electrons. The van der Waals surface area contributed by atoms with E-state index in [2.05, 4.69) is 62.5 Å². The first-order valence-electron chi connectivity index (χ1n) is 9.79. The van der Waals surface area contributed by atoms with Gasteiger partial charge < -0.3 is 4.90 Å². The number of fused-ring (bicyclic) bond motifs is 2. The number of amides is 1. The van der Waals surface area contributed by atoms with Gasteiger partial charge in [0, 0.05) is 31.6 Å². The lowest BCUT2D eigenvalue weighted by molar-refractivity contribution is -0.136. The van der Waals surface area contributed by atoms with Crippen molar-refractivity contribution in [2.24, 2.45) is 0 Å². The van der Waals surface area contributed by atoms with Crippen LogP contribution < -0.4 is 0 Å². The van der Waals surface area contributed by atoms with E-state index in [9.17, 15) is 4.79 Å². The molecule has 0 saturated carbocycles. The number of hydrogen-bond acceptors (Lipinski definition) is 3. The summed E-state index contributed by atoms with van der Waals surface area (Å²) in [5.41, 5.74) is 4.92. The Kier molecular flexibility index (Phi) is 4.17. The lowest BCUT2D eigenvalue weighted by atomic mass is 9.92. The average molecular weight is 360 g/mol. The van der Waals surface area contributed by atoms with E-state index < -0.39 is 0 Å². The lowest BCUT2D eigenvalue weighted by Crippen LogP contribution is -2.50. The highest BCUT2D eigenvalue weighted by molar-refractivity contribution is 5.83. The highest BCUT2D eigenvalue weighted by Gasteiger charge is 2.34. The van der Waals surface area contributed by atoms with Gasteiger partial charge in [-0.05, 0) is 42.0 Å². The molecule has 1 fully saturated rings. The van der Waals surface area contributed by atoms with Gasteiger partial charge in [0.25, 0.3) is 0 Å². The Morgan fingerprint density at radius 3 is 2.78 bits per heavy atom. The van der Waals surface area contributed by atoms with E-state index in [1.807, 2.05) is 6.20 Å². The number of nitrogens with zero attached hydrogens (tertiary/aromatic N) is 3. The molecule has 2 aromatic carbocycles. The number of H-pyrrole nitrogens is 1. The van der Waals surface area contributed by atoms with Gasteiger partial charge in [0.05, 0.1) is 17.8 Å². The van der Waals surface area contributed by atoms with Crippen LogP contribution in [0.4, 0.5) is 0 Å². The molecule has 0 spiro atoms. The summed E-state index contributed by atoms with van der Waals surface area (Å²) in [6, 6.07) is 14.9. The molecule has 1 saturated heterocycles. The average Bonchev–Trinajstić information content (AvgIpc) is 3.38. The van der Waals surface area contributed by atoms with Gasteiger partial charge in [-0.1, -0.05) is 36.4 Å². The summed E-state index contributed by atoms with van der Waals surface area (Å²) in [4.78, 5) is 17.7. The largest absolute Gasteiger partial charge is 0.341 e. The molecule has 5 nitrogen and oxygen atoms in total. The molecule has 3 aromatic rings. The summed E-state index contributed by atoms with van der Waals surface area (Å²) in [6.07, 6.45) is 4.91. The molecule has 1 unspecified atom stereocenters. The molecule has 27 heavy (non-hydrogen) atoms. The number of likely N-dealkylation sites (tertiary alicyclic amines) is 1. The third kappa shape index (κ3) is 3.12. The molecule has 1 amide bonds. The second kappa shape index (κ2) is 6.82. The van der Waals surface area contributed by atoms with Crippen LogP contribution in [0.3, 0.4) is 0 Å². The number of nitrogens with one attached hydrogen (secondary N) is 1. The van der Waals surface area contributed by atoms with Crippen LogP contribution in [-0.2, 0) is 24.3 Å². The summed E-state index contributed by atoms with van der Waals surface area (Å²) in [6.45, 7) is 3.41. The maximum absolute atomic E-state index is 13.2. The quantitative estimate of drug-likeness (QED) is 0.781. The van der Waals surface area contributed by atoms with Gasteiger partial charge in [-0.15, -0.1) is 0 Å². The zero-order valence-electron chi connectivity index (χ0n) is 15.4. The number of rotatable bonds is 3. The fourth-order valence-electron chi connectivity index (χ4n) is 4.45. The molecule has 1 N–H and O–H groups in total. The van der Waals surface area contributed by atoms with Gasteiger partial charge in [-0.3, -0.25) is 14.8 Å². The number of aromatic nitrogens is 2. The molecule has 5 rings (SSSR count). The third-order valence-electron chi connectivity index (χ3n) is 5.94. The second-order valence-corrected chi connectivity index (χ2v) is 7.72. The van der Waals surface area contributed by atoms with Crippen molar-refractivity contribution in [1.29, 1.82) is 0 Å². The van der Waals surface area contributed by atoms with Crippen molar-refractivity contribution in [2.45, 2.75) is 38.4 Å². The molecule has 1 aromatic heterocycles. The van der Waals surface area contributed by atoms with E-state index in [0.29, 0.717) is 5.91 Å². The number of carbonyl (C=O) groups is 1. The topological polar surface area (TPSA) is 52.2 Å². The van der Waals surface area contributed by atoms with Crippen molar-refractivity contribution in [3.8, 4) is 0 Å². The van der Waals surface area contributed by atoms with E-state index in [1.165, 1.54) is 16.7 Å². The number of carbonyl (C=O) groups excluding carboxylic acids is 1. The van der Waals surface area contributed by atoms with E-state index in [-0.39, 0.29) is 6.04 Å². The van der Waals surface area contributed by atoms with Gasteiger partial charge in [0.1, 0.15) is 0 Å². The van der Waals surface area contributed by atoms with Crippen LogP contribution in [0.5, 0.6) is 0 Å². The summed E-state index contributed by atoms with van der Waals surface area (Å²) >= 11 is 0. The zero-order chi connectivity index (χ0) is 18.2. The first-order chi connectivity index (χ1) is 13.3. The minimum absolute atomic E-state index is 0.0736. The van der Waals surface area contributed by atoms with Crippen LogP contribution >= 0.6 is 0 Å². The molecule has 2 aliphatic rings. The minimum atomic E-state index is -0.0736. The van der Waals surface area contributed by atoms with Gasteiger partial charge in [0.2, 0.25) is 5.91 Å². The Labute approximate surface area is 159 Å². The Balaban J connectivity index is 1.45. The van der Waals surface area contributed by atoms with Crippen molar-refractivity contribution in [2.75, 3.05) is 13.1 Å². The monoisotopic (exact) mass is 360 g/mol. The molecule has 5 heteroatoms. The molecular weight excluding hydrogens is 336 g/mol.